The third kappa shape index (κ3) is 3.88. The Bertz CT molecular complexity index is 1580. The third-order valence-corrected chi connectivity index (χ3v) is 8.65. The molecule has 3 aliphatic rings. The summed E-state index contributed by atoms with van der Waals surface area (Å²) in [5.74, 6) is -3.00. The molecule has 1 aliphatic heterocycles. The number of thiophene rings is 1. The molecular formula is C25H23N5O6S. The Morgan fingerprint density at radius 3 is 2.76 bits per heavy atom. The Labute approximate surface area is 213 Å². The van der Waals surface area contributed by atoms with E-state index < -0.39 is 47.0 Å². The molecule has 5 N–H and O–H groups in total. The zero-order chi connectivity index (χ0) is 26.0. The lowest BCUT2D eigenvalue weighted by Crippen LogP contribution is -2.69. The van der Waals surface area contributed by atoms with Gasteiger partial charge in [-0.1, -0.05) is 18.2 Å². The van der Waals surface area contributed by atoms with Crippen molar-refractivity contribution in [2.45, 2.75) is 44.4 Å². The monoisotopic (exact) mass is 521 g/mol. The fourth-order valence-electron chi connectivity index (χ4n) is 5.47. The number of H-pyrrole nitrogens is 1. The molecule has 3 atom stereocenters. The maximum atomic E-state index is 12.8. The standard InChI is InChI=1S/C25H23N5O6S/c26-17-18(20(32)19(17)31)30-4-3-11-2-1-10(5-13(11)9-30)8-27-23(34)21-28-22(33)16-14-6-12(25(35)36)7-15(14)37-24(16)29-21/h1-2,5,12,17-18H,3-4,6-9,26H2,(H,27,34)(H,35,36)(H,28,29,33). The number of amides is 1. The number of Topliss-reactive ketones (excluding diaryl/α,β-unsaturated/α-hetero) is 2. The number of nitrogens with zero attached hydrogens (tertiary/aromatic N) is 2. The van der Waals surface area contributed by atoms with Crippen molar-refractivity contribution < 1.29 is 24.3 Å². The molecule has 1 saturated carbocycles. The number of nitrogens with one attached hydrogen (secondary N) is 2. The molecule has 11 nitrogen and oxygen atoms in total. The van der Waals surface area contributed by atoms with E-state index in [1.54, 1.807) is 0 Å². The highest BCUT2D eigenvalue weighted by molar-refractivity contribution is 7.18. The molecule has 0 saturated heterocycles. The highest BCUT2D eigenvalue weighted by Gasteiger charge is 2.50. The number of aliphatic carboxylic acids is 1. The number of carbonyl (C=O) groups is 4. The number of nitrogens with two attached hydrogens (primary N) is 1. The SMILES string of the molecule is NC1C(=O)C(=O)C1N1CCc2ccc(CNC(=O)c3nc4sc5c(c4c(=O)[nH]3)CC(C(=O)O)C5)cc2C1. The number of benzene rings is 1. The van der Waals surface area contributed by atoms with Crippen LogP contribution in [-0.2, 0) is 46.7 Å². The molecule has 1 amide bonds. The minimum absolute atomic E-state index is 0.0986. The molecule has 3 heterocycles. The van der Waals surface area contributed by atoms with E-state index >= 15 is 0 Å². The first-order valence-electron chi connectivity index (χ1n) is 11.9. The van der Waals surface area contributed by atoms with Crippen LogP contribution in [0.5, 0.6) is 0 Å². The summed E-state index contributed by atoms with van der Waals surface area (Å²) >= 11 is 1.26. The largest absolute Gasteiger partial charge is 0.481 e. The van der Waals surface area contributed by atoms with Gasteiger partial charge in [0.25, 0.3) is 11.5 Å². The van der Waals surface area contributed by atoms with Gasteiger partial charge in [0.1, 0.15) is 4.83 Å². The minimum atomic E-state index is -0.887. The van der Waals surface area contributed by atoms with Gasteiger partial charge in [-0.25, -0.2) is 4.98 Å². The van der Waals surface area contributed by atoms with Gasteiger partial charge in [-0.15, -0.1) is 11.3 Å². The summed E-state index contributed by atoms with van der Waals surface area (Å²) in [4.78, 5) is 70.5. The average Bonchev–Trinajstić information content (AvgIpc) is 3.45. The predicted octanol–water partition coefficient (Wildman–Crippen LogP) is -0.0802. The van der Waals surface area contributed by atoms with E-state index in [9.17, 15) is 29.1 Å². The quantitative estimate of drug-likeness (QED) is 0.335. The van der Waals surface area contributed by atoms with Crippen LogP contribution in [0.1, 0.15) is 37.7 Å². The van der Waals surface area contributed by atoms with E-state index in [1.165, 1.54) is 11.3 Å². The molecule has 0 spiro atoms. The van der Waals surface area contributed by atoms with E-state index in [4.69, 9.17) is 5.73 Å². The molecular weight excluding hydrogens is 498 g/mol. The zero-order valence-corrected chi connectivity index (χ0v) is 20.4. The van der Waals surface area contributed by atoms with E-state index in [2.05, 4.69) is 15.3 Å². The molecule has 12 heteroatoms. The van der Waals surface area contributed by atoms with Crippen LogP contribution >= 0.6 is 11.3 Å². The first kappa shape index (κ1) is 23.6. The lowest BCUT2D eigenvalue weighted by atomic mass is 9.81. The van der Waals surface area contributed by atoms with E-state index in [1.807, 2.05) is 23.1 Å². The van der Waals surface area contributed by atoms with Crippen molar-refractivity contribution in [1.29, 1.82) is 0 Å². The van der Waals surface area contributed by atoms with Crippen molar-refractivity contribution in [2.75, 3.05) is 6.54 Å². The number of ketones is 2. The van der Waals surface area contributed by atoms with Gasteiger partial charge in [-0.2, -0.15) is 0 Å². The van der Waals surface area contributed by atoms with Crippen LogP contribution in [0.4, 0.5) is 0 Å². The topological polar surface area (TPSA) is 176 Å². The van der Waals surface area contributed by atoms with Crippen LogP contribution in [0, 0.1) is 5.92 Å². The summed E-state index contributed by atoms with van der Waals surface area (Å²) in [6.45, 7) is 1.34. The summed E-state index contributed by atoms with van der Waals surface area (Å²) in [6.07, 6.45) is 1.38. The molecule has 190 valence electrons. The smallest absolute Gasteiger partial charge is 0.307 e. The van der Waals surface area contributed by atoms with Gasteiger partial charge < -0.3 is 21.1 Å². The van der Waals surface area contributed by atoms with Crippen LogP contribution in [0.2, 0.25) is 0 Å². The normalized spacial score (nSPS) is 23.0. The Kier molecular flexibility index (Phi) is 5.55. The second kappa shape index (κ2) is 8.68. The number of carboxylic acid groups (broad SMARTS) is 1. The maximum Gasteiger partial charge on any atom is 0.307 e. The molecule has 1 fully saturated rings. The van der Waals surface area contributed by atoms with E-state index in [0.717, 1.165) is 28.0 Å². The first-order chi connectivity index (χ1) is 17.7. The highest BCUT2D eigenvalue weighted by Crippen LogP contribution is 2.37. The maximum absolute atomic E-state index is 12.8. The van der Waals surface area contributed by atoms with Crippen LogP contribution in [-0.4, -0.2) is 62.0 Å². The lowest BCUT2D eigenvalue weighted by molar-refractivity contribution is -0.150. The van der Waals surface area contributed by atoms with Crippen molar-refractivity contribution in [3.8, 4) is 0 Å². The summed E-state index contributed by atoms with van der Waals surface area (Å²) in [5, 5.41) is 12.4. The van der Waals surface area contributed by atoms with Crippen molar-refractivity contribution in [1.82, 2.24) is 20.2 Å². The molecule has 1 aromatic carbocycles. The van der Waals surface area contributed by atoms with Crippen LogP contribution in [0.3, 0.4) is 0 Å². The summed E-state index contributed by atoms with van der Waals surface area (Å²) in [6, 6.07) is 4.52. The Morgan fingerprint density at radius 2 is 2.00 bits per heavy atom. The number of aromatic amines is 1. The van der Waals surface area contributed by atoms with Crippen molar-refractivity contribution in [3.05, 3.63) is 61.5 Å². The molecule has 6 rings (SSSR count). The van der Waals surface area contributed by atoms with Gasteiger partial charge >= 0.3 is 5.97 Å². The second-order valence-corrected chi connectivity index (χ2v) is 10.8. The molecule has 0 bridgehead atoms. The molecule has 0 radical (unpaired) electrons. The third-order valence-electron chi connectivity index (χ3n) is 7.50. The number of carboxylic acids is 1. The van der Waals surface area contributed by atoms with Gasteiger partial charge in [-0.05, 0) is 41.5 Å². The number of hydrogen-bond acceptors (Lipinski definition) is 9. The highest BCUT2D eigenvalue weighted by atomic mass is 32.1. The fourth-order valence-corrected chi connectivity index (χ4v) is 6.76. The second-order valence-electron chi connectivity index (χ2n) is 9.75. The van der Waals surface area contributed by atoms with E-state index in [-0.39, 0.29) is 18.8 Å². The van der Waals surface area contributed by atoms with Crippen molar-refractivity contribution >= 4 is 45.0 Å². The van der Waals surface area contributed by atoms with Gasteiger partial charge in [0.15, 0.2) is 0 Å². The lowest BCUT2D eigenvalue weighted by Gasteiger charge is -2.41. The van der Waals surface area contributed by atoms with Gasteiger partial charge in [0.05, 0.1) is 23.4 Å². The molecule has 3 aromatic rings. The Hall–Kier alpha value is -3.74. The van der Waals surface area contributed by atoms with Gasteiger partial charge in [-0.3, -0.25) is 28.9 Å². The van der Waals surface area contributed by atoms with Crippen LogP contribution in [0.25, 0.3) is 10.2 Å². The Morgan fingerprint density at radius 1 is 1.19 bits per heavy atom. The van der Waals surface area contributed by atoms with Gasteiger partial charge in [0.2, 0.25) is 17.4 Å². The van der Waals surface area contributed by atoms with Crippen LogP contribution in [0.15, 0.2) is 23.0 Å². The minimum Gasteiger partial charge on any atom is -0.481 e. The molecule has 2 aromatic heterocycles. The van der Waals surface area contributed by atoms with Gasteiger partial charge in [0, 0.05) is 24.5 Å². The number of aromatic nitrogens is 2. The first-order valence-corrected chi connectivity index (χ1v) is 12.8. The number of hydrogen-bond donors (Lipinski definition) is 4. The fraction of sp³-hybridized carbons (Fsp3) is 0.360. The molecule has 3 unspecified atom stereocenters. The summed E-state index contributed by atoms with van der Waals surface area (Å²) in [7, 11) is 0. The number of carbonyl (C=O) groups excluding carboxylic acids is 3. The van der Waals surface area contributed by atoms with Crippen molar-refractivity contribution in [2.24, 2.45) is 11.7 Å². The van der Waals surface area contributed by atoms with E-state index in [0.29, 0.717) is 35.3 Å². The molecule has 2 aliphatic carbocycles. The Balaban J connectivity index is 1.15. The number of rotatable bonds is 5. The van der Waals surface area contributed by atoms with Crippen molar-refractivity contribution in [3.63, 3.8) is 0 Å². The number of fused-ring (bicyclic) bond motifs is 4. The summed E-state index contributed by atoms with van der Waals surface area (Å²) < 4.78 is 0. The summed E-state index contributed by atoms with van der Waals surface area (Å²) in [5.41, 5.74) is 9.10. The van der Waals surface area contributed by atoms with Crippen LogP contribution < -0.4 is 16.6 Å². The molecule has 37 heavy (non-hydrogen) atoms. The predicted molar refractivity (Wildman–Crippen MR) is 132 cm³/mol. The zero-order valence-electron chi connectivity index (χ0n) is 19.6. The average molecular weight is 522 g/mol.